The van der Waals surface area contributed by atoms with Crippen molar-refractivity contribution in [2.75, 3.05) is 31.1 Å². The summed E-state index contributed by atoms with van der Waals surface area (Å²) in [6.07, 6.45) is 3.20. The molecule has 1 atom stereocenters. The Hall–Kier alpha value is -2.66. The van der Waals surface area contributed by atoms with E-state index in [1.165, 1.54) is 6.07 Å². The molecule has 2 fully saturated rings. The summed E-state index contributed by atoms with van der Waals surface area (Å²) >= 11 is 0. The average Bonchev–Trinajstić information content (AvgIpc) is 3.38. The number of hydrogen-bond donors (Lipinski definition) is 2. The third-order valence-electron chi connectivity index (χ3n) is 5.75. The SMILES string of the molecule is Cc1c(N2CCC(CNCCC#N)C2)c(F)cc2c(=O)[nH]c(=O)n(C3CC3)c12. The molecule has 148 valence electrons. The van der Waals surface area contributed by atoms with Gasteiger partial charge in [0.05, 0.1) is 22.7 Å². The number of nitrogens with zero attached hydrogens (tertiary/aromatic N) is 3. The van der Waals surface area contributed by atoms with E-state index in [1.807, 2.05) is 4.90 Å². The Labute approximate surface area is 161 Å². The first kappa shape index (κ1) is 18.7. The quantitative estimate of drug-likeness (QED) is 0.740. The van der Waals surface area contributed by atoms with Crippen molar-refractivity contribution >= 4 is 16.6 Å². The zero-order valence-electron chi connectivity index (χ0n) is 15.9. The summed E-state index contributed by atoms with van der Waals surface area (Å²) in [5.41, 5.74) is 0.756. The van der Waals surface area contributed by atoms with Crippen LogP contribution in [-0.2, 0) is 0 Å². The van der Waals surface area contributed by atoms with Crippen molar-refractivity contribution in [3.63, 3.8) is 0 Å². The molecule has 0 amide bonds. The summed E-state index contributed by atoms with van der Waals surface area (Å²) in [4.78, 5) is 29.0. The van der Waals surface area contributed by atoms with Crippen molar-refractivity contribution in [1.29, 1.82) is 5.26 Å². The number of aromatic nitrogens is 2. The van der Waals surface area contributed by atoms with Crippen LogP contribution >= 0.6 is 0 Å². The van der Waals surface area contributed by atoms with Gasteiger partial charge in [0, 0.05) is 37.7 Å². The highest BCUT2D eigenvalue weighted by Gasteiger charge is 2.31. The van der Waals surface area contributed by atoms with Gasteiger partial charge in [-0.1, -0.05) is 0 Å². The molecule has 1 aliphatic heterocycles. The molecule has 28 heavy (non-hydrogen) atoms. The minimum Gasteiger partial charge on any atom is -0.369 e. The van der Waals surface area contributed by atoms with Crippen LogP contribution in [0.15, 0.2) is 15.7 Å². The lowest BCUT2D eigenvalue weighted by Gasteiger charge is -2.24. The molecule has 0 spiro atoms. The Balaban J connectivity index is 1.69. The van der Waals surface area contributed by atoms with Gasteiger partial charge in [0.1, 0.15) is 5.82 Å². The second kappa shape index (κ2) is 7.40. The van der Waals surface area contributed by atoms with Crippen LogP contribution in [0, 0.1) is 30.0 Å². The zero-order chi connectivity index (χ0) is 19.8. The molecule has 2 aliphatic rings. The van der Waals surface area contributed by atoms with Crippen molar-refractivity contribution in [1.82, 2.24) is 14.9 Å². The van der Waals surface area contributed by atoms with Gasteiger partial charge in [-0.05, 0) is 44.7 Å². The normalized spacial score (nSPS) is 19.3. The van der Waals surface area contributed by atoms with E-state index in [9.17, 15) is 9.59 Å². The maximum atomic E-state index is 15.0. The largest absolute Gasteiger partial charge is 0.369 e. The van der Waals surface area contributed by atoms with Crippen LogP contribution < -0.4 is 21.5 Å². The van der Waals surface area contributed by atoms with Crippen LogP contribution in [0.1, 0.15) is 37.3 Å². The number of H-pyrrole nitrogens is 1. The Morgan fingerprint density at radius 3 is 2.86 bits per heavy atom. The van der Waals surface area contributed by atoms with Crippen LogP contribution in [-0.4, -0.2) is 35.7 Å². The smallest absolute Gasteiger partial charge is 0.329 e. The van der Waals surface area contributed by atoms with Crippen LogP contribution in [0.3, 0.4) is 0 Å². The summed E-state index contributed by atoms with van der Waals surface area (Å²) in [7, 11) is 0. The minimum atomic E-state index is -0.536. The van der Waals surface area contributed by atoms with Crippen LogP contribution in [0.2, 0.25) is 0 Å². The van der Waals surface area contributed by atoms with Gasteiger partial charge in [-0.2, -0.15) is 5.26 Å². The van der Waals surface area contributed by atoms with E-state index in [0.717, 1.165) is 32.4 Å². The lowest BCUT2D eigenvalue weighted by molar-refractivity contribution is 0.521. The van der Waals surface area contributed by atoms with E-state index in [2.05, 4.69) is 16.4 Å². The predicted molar refractivity (Wildman–Crippen MR) is 105 cm³/mol. The van der Waals surface area contributed by atoms with Gasteiger partial charge in [0.2, 0.25) is 0 Å². The predicted octanol–water partition coefficient (Wildman–Crippen LogP) is 1.80. The number of rotatable bonds is 6. The number of benzene rings is 1. The van der Waals surface area contributed by atoms with E-state index < -0.39 is 17.1 Å². The number of halogens is 1. The molecule has 7 nitrogen and oxygen atoms in total. The van der Waals surface area contributed by atoms with Gasteiger partial charge in [0.25, 0.3) is 5.56 Å². The fraction of sp³-hybridized carbons (Fsp3) is 0.550. The highest BCUT2D eigenvalue weighted by atomic mass is 19.1. The van der Waals surface area contributed by atoms with Crippen molar-refractivity contribution in [3.8, 4) is 6.07 Å². The Bertz CT molecular complexity index is 1060. The molecule has 2 N–H and O–H groups in total. The molecule has 1 saturated heterocycles. The molecule has 4 rings (SSSR count). The maximum Gasteiger partial charge on any atom is 0.329 e. The number of hydrogen-bond acceptors (Lipinski definition) is 5. The molecule has 1 unspecified atom stereocenters. The molecular weight excluding hydrogens is 361 g/mol. The van der Waals surface area contributed by atoms with Gasteiger partial charge in [-0.3, -0.25) is 14.3 Å². The lowest BCUT2D eigenvalue weighted by atomic mass is 10.1. The van der Waals surface area contributed by atoms with Crippen LogP contribution in [0.5, 0.6) is 0 Å². The third-order valence-corrected chi connectivity index (χ3v) is 5.75. The zero-order valence-corrected chi connectivity index (χ0v) is 15.9. The van der Waals surface area contributed by atoms with Gasteiger partial charge < -0.3 is 10.2 Å². The van der Waals surface area contributed by atoms with E-state index in [4.69, 9.17) is 5.26 Å². The van der Waals surface area contributed by atoms with Gasteiger partial charge in [-0.15, -0.1) is 0 Å². The number of aromatic amines is 1. The summed E-state index contributed by atoms with van der Waals surface area (Å²) in [6, 6.07) is 3.46. The third kappa shape index (κ3) is 3.31. The van der Waals surface area contributed by atoms with Crippen LogP contribution in [0.25, 0.3) is 10.9 Å². The first-order chi connectivity index (χ1) is 13.5. The van der Waals surface area contributed by atoms with Crippen molar-refractivity contribution in [3.05, 3.63) is 38.3 Å². The highest BCUT2D eigenvalue weighted by molar-refractivity contribution is 5.87. The molecule has 1 aliphatic carbocycles. The highest BCUT2D eigenvalue weighted by Crippen LogP contribution is 2.39. The molecule has 1 aromatic carbocycles. The molecule has 8 heteroatoms. The number of anilines is 1. The Morgan fingerprint density at radius 1 is 1.36 bits per heavy atom. The monoisotopic (exact) mass is 385 g/mol. The van der Waals surface area contributed by atoms with E-state index in [-0.39, 0.29) is 11.4 Å². The number of nitrogens with one attached hydrogen (secondary N) is 2. The molecule has 1 aromatic heterocycles. The topological polar surface area (TPSA) is 93.9 Å². The second-order valence-corrected chi connectivity index (χ2v) is 7.80. The second-order valence-electron chi connectivity index (χ2n) is 7.80. The molecule has 0 bridgehead atoms. The van der Waals surface area contributed by atoms with E-state index in [1.54, 1.807) is 11.5 Å². The van der Waals surface area contributed by atoms with Gasteiger partial charge in [0.15, 0.2) is 0 Å². The molecule has 0 radical (unpaired) electrons. The number of nitriles is 1. The van der Waals surface area contributed by atoms with E-state index >= 15 is 4.39 Å². The molecular formula is C20H24FN5O2. The summed E-state index contributed by atoms with van der Waals surface area (Å²) in [5, 5.41) is 12.1. The maximum absolute atomic E-state index is 15.0. The fourth-order valence-electron chi connectivity index (χ4n) is 4.29. The standard InChI is InChI=1S/C20H24FN5O2/c1-12-17-15(19(27)24-20(28)26(17)14-3-4-14)9-16(21)18(12)25-8-5-13(11-25)10-23-7-2-6-22/h9,13-14,23H,2-5,7-8,10-11H2,1H3,(H,24,27,28). The molecule has 1 saturated carbocycles. The summed E-state index contributed by atoms with van der Waals surface area (Å²) in [6.45, 7) is 4.69. The summed E-state index contributed by atoms with van der Waals surface area (Å²) < 4.78 is 16.6. The summed E-state index contributed by atoms with van der Waals surface area (Å²) in [5.74, 6) is -0.0485. The van der Waals surface area contributed by atoms with Crippen molar-refractivity contribution in [2.45, 2.75) is 38.6 Å². The fourth-order valence-corrected chi connectivity index (χ4v) is 4.29. The average molecular weight is 385 g/mol. The van der Waals surface area contributed by atoms with Crippen molar-refractivity contribution in [2.24, 2.45) is 5.92 Å². The number of fused-ring (bicyclic) bond motifs is 1. The molecule has 2 aromatic rings. The van der Waals surface area contributed by atoms with E-state index in [0.29, 0.717) is 42.2 Å². The Kier molecular flexibility index (Phi) is 4.94. The Morgan fingerprint density at radius 2 is 2.14 bits per heavy atom. The van der Waals surface area contributed by atoms with Gasteiger partial charge in [-0.25, -0.2) is 9.18 Å². The van der Waals surface area contributed by atoms with Crippen LogP contribution in [0.4, 0.5) is 10.1 Å². The van der Waals surface area contributed by atoms with Crippen molar-refractivity contribution < 1.29 is 4.39 Å². The lowest BCUT2D eigenvalue weighted by Crippen LogP contribution is -2.31. The first-order valence-corrected chi connectivity index (χ1v) is 9.81. The minimum absolute atomic E-state index is 0.0829. The number of aryl methyl sites for hydroxylation is 1. The van der Waals surface area contributed by atoms with Gasteiger partial charge >= 0.3 is 5.69 Å². The molecule has 2 heterocycles. The first-order valence-electron chi connectivity index (χ1n) is 9.81.